The predicted molar refractivity (Wildman–Crippen MR) is 82.5 cm³/mol. The van der Waals surface area contributed by atoms with E-state index in [1.54, 1.807) is 14.1 Å². The van der Waals surface area contributed by atoms with E-state index in [0.29, 0.717) is 11.7 Å². The molecule has 0 radical (unpaired) electrons. The Hall–Kier alpha value is -2.04. The van der Waals surface area contributed by atoms with Crippen LogP contribution in [0.3, 0.4) is 0 Å². The summed E-state index contributed by atoms with van der Waals surface area (Å²) >= 11 is 0. The summed E-state index contributed by atoms with van der Waals surface area (Å²) in [5, 5.41) is 2.52. The van der Waals surface area contributed by atoms with E-state index in [1.807, 2.05) is 25.1 Å². The zero-order chi connectivity index (χ0) is 16.0. The summed E-state index contributed by atoms with van der Waals surface area (Å²) in [5.74, 6) is 0.654. The number of rotatable bonds is 6. The van der Waals surface area contributed by atoms with Gasteiger partial charge < -0.3 is 15.0 Å². The van der Waals surface area contributed by atoms with E-state index in [9.17, 15) is 9.59 Å². The van der Waals surface area contributed by atoms with E-state index in [2.05, 4.69) is 19.2 Å². The molecule has 116 valence electrons. The van der Waals surface area contributed by atoms with Gasteiger partial charge in [-0.2, -0.15) is 0 Å². The third-order valence-electron chi connectivity index (χ3n) is 3.17. The van der Waals surface area contributed by atoms with Gasteiger partial charge in [0.15, 0.2) is 6.61 Å². The van der Waals surface area contributed by atoms with Crippen molar-refractivity contribution in [2.75, 3.05) is 27.2 Å². The molecule has 0 atom stereocenters. The maximum atomic E-state index is 11.6. The lowest BCUT2D eigenvalue weighted by Gasteiger charge is -2.13. The lowest BCUT2D eigenvalue weighted by atomic mass is 9.98. The van der Waals surface area contributed by atoms with Gasteiger partial charge in [-0.3, -0.25) is 9.59 Å². The lowest BCUT2D eigenvalue weighted by Crippen LogP contribution is -2.38. The molecule has 2 amide bonds. The molecule has 0 bridgehead atoms. The molecular formula is C16H24N2O3. The topological polar surface area (TPSA) is 58.6 Å². The summed E-state index contributed by atoms with van der Waals surface area (Å²) in [6, 6.07) is 5.80. The number of amides is 2. The van der Waals surface area contributed by atoms with Crippen LogP contribution in [0.5, 0.6) is 5.75 Å². The van der Waals surface area contributed by atoms with Gasteiger partial charge in [0.25, 0.3) is 5.91 Å². The van der Waals surface area contributed by atoms with Crippen LogP contribution in [0.1, 0.15) is 30.9 Å². The Labute approximate surface area is 126 Å². The van der Waals surface area contributed by atoms with E-state index in [0.717, 1.165) is 5.56 Å². The first-order chi connectivity index (χ1) is 9.81. The van der Waals surface area contributed by atoms with Gasteiger partial charge in [-0.05, 0) is 36.1 Å². The maximum Gasteiger partial charge on any atom is 0.258 e. The molecule has 0 aromatic heterocycles. The first-order valence-electron chi connectivity index (χ1n) is 7.01. The quantitative estimate of drug-likeness (QED) is 0.868. The van der Waals surface area contributed by atoms with E-state index in [-0.39, 0.29) is 25.0 Å². The number of nitrogens with one attached hydrogen (secondary N) is 1. The maximum absolute atomic E-state index is 11.6. The average molecular weight is 292 g/mol. The molecule has 0 aliphatic heterocycles. The summed E-state index contributed by atoms with van der Waals surface area (Å²) in [7, 11) is 3.29. The van der Waals surface area contributed by atoms with Gasteiger partial charge in [0.05, 0.1) is 6.54 Å². The molecule has 1 rings (SSSR count). The number of carbonyl (C=O) groups is 2. The number of benzene rings is 1. The molecule has 5 heteroatoms. The van der Waals surface area contributed by atoms with Crippen LogP contribution in [0.15, 0.2) is 18.2 Å². The Kier molecular flexibility index (Phi) is 6.21. The van der Waals surface area contributed by atoms with Crippen LogP contribution in [0.2, 0.25) is 0 Å². The zero-order valence-electron chi connectivity index (χ0n) is 13.4. The van der Waals surface area contributed by atoms with Crippen LogP contribution in [0.4, 0.5) is 0 Å². The normalized spacial score (nSPS) is 10.4. The van der Waals surface area contributed by atoms with E-state index < -0.39 is 0 Å². The molecule has 0 heterocycles. The number of carbonyl (C=O) groups excluding carboxylic acids is 2. The smallest absolute Gasteiger partial charge is 0.258 e. The van der Waals surface area contributed by atoms with Gasteiger partial charge >= 0.3 is 0 Å². The molecule has 1 aromatic rings. The van der Waals surface area contributed by atoms with Crippen molar-refractivity contribution < 1.29 is 14.3 Å². The largest absolute Gasteiger partial charge is 0.484 e. The molecule has 0 spiro atoms. The monoisotopic (exact) mass is 292 g/mol. The number of ether oxygens (including phenoxy) is 1. The number of hydrogen-bond donors (Lipinski definition) is 1. The van der Waals surface area contributed by atoms with Crippen molar-refractivity contribution in [2.45, 2.75) is 26.7 Å². The minimum absolute atomic E-state index is 0.0134. The van der Waals surface area contributed by atoms with Gasteiger partial charge in [-0.15, -0.1) is 0 Å². The first kappa shape index (κ1) is 17.0. The number of hydrogen-bond acceptors (Lipinski definition) is 3. The second-order valence-electron chi connectivity index (χ2n) is 5.53. The fraction of sp³-hybridized carbons (Fsp3) is 0.500. The highest BCUT2D eigenvalue weighted by Crippen LogP contribution is 2.23. The minimum atomic E-state index is -0.309. The molecule has 0 saturated carbocycles. The van der Waals surface area contributed by atoms with Gasteiger partial charge in [0, 0.05) is 14.1 Å². The molecular weight excluding hydrogens is 268 g/mol. The second-order valence-corrected chi connectivity index (χ2v) is 5.53. The third kappa shape index (κ3) is 5.45. The summed E-state index contributed by atoms with van der Waals surface area (Å²) < 4.78 is 5.44. The average Bonchev–Trinajstić information content (AvgIpc) is 2.41. The number of nitrogens with zero attached hydrogens (tertiary/aromatic N) is 1. The fourth-order valence-corrected chi connectivity index (χ4v) is 1.92. The van der Waals surface area contributed by atoms with Crippen LogP contribution in [-0.4, -0.2) is 44.0 Å². The van der Waals surface area contributed by atoms with Crippen molar-refractivity contribution in [2.24, 2.45) is 0 Å². The Morgan fingerprint density at radius 1 is 1.29 bits per heavy atom. The molecule has 1 N–H and O–H groups in total. The van der Waals surface area contributed by atoms with E-state index in [1.165, 1.54) is 10.5 Å². The van der Waals surface area contributed by atoms with Crippen LogP contribution in [0.25, 0.3) is 0 Å². The molecule has 0 aliphatic rings. The highest BCUT2D eigenvalue weighted by atomic mass is 16.5. The van der Waals surface area contributed by atoms with Crippen molar-refractivity contribution >= 4 is 11.8 Å². The molecule has 0 fully saturated rings. The Morgan fingerprint density at radius 3 is 2.48 bits per heavy atom. The van der Waals surface area contributed by atoms with Gasteiger partial charge in [0.1, 0.15) is 5.75 Å². The zero-order valence-corrected chi connectivity index (χ0v) is 13.4. The van der Waals surface area contributed by atoms with Gasteiger partial charge in [-0.1, -0.05) is 19.9 Å². The van der Waals surface area contributed by atoms with Gasteiger partial charge in [0.2, 0.25) is 5.91 Å². The summed E-state index contributed by atoms with van der Waals surface area (Å²) in [6.45, 7) is 6.19. The van der Waals surface area contributed by atoms with Crippen molar-refractivity contribution in [3.05, 3.63) is 29.3 Å². The third-order valence-corrected chi connectivity index (χ3v) is 3.17. The van der Waals surface area contributed by atoms with Crippen molar-refractivity contribution in [3.8, 4) is 5.75 Å². The van der Waals surface area contributed by atoms with Crippen molar-refractivity contribution in [1.29, 1.82) is 0 Å². The SMILES string of the molecule is Cc1cc(OCC(=O)NCC(=O)N(C)C)ccc1C(C)C. The van der Waals surface area contributed by atoms with Crippen LogP contribution < -0.4 is 10.1 Å². The number of aryl methyl sites for hydroxylation is 1. The summed E-state index contributed by atoms with van der Waals surface area (Å²) in [6.07, 6.45) is 0. The Bertz CT molecular complexity index is 510. The highest BCUT2D eigenvalue weighted by molar-refractivity contribution is 5.85. The summed E-state index contributed by atoms with van der Waals surface area (Å²) in [4.78, 5) is 24.4. The van der Waals surface area contributed by atoms with Crippen molar-refractivity contribution in [1.82, 2.24) is 10.2 Å². The van der Waals surface area contributed by atoms with E-state index in [4.69, 9.17) is 4.74 Å². The highest BCUT2D eigenvalue weighted by Gasteiger charge is 2.09. The molecule has 5 nitrogen and oxygen atoms in total. The van der Waals surface area contributed by atoms with E-state index >= 15 is 0 Å². The fourth-order valence-electron chi connectivity index (χ4n) is 1.92. The summed E-state index contributed by atoms with van der Waals surface area (Å²) in [5.41, 5.74) is 2.41. The molecule has 0 unspecified atom stereocenters. The van der Waals surface area contributed by atoms with Crippen LogP contribution in [-0.2, 0) is 9.59 Å². The molecule has 0 saturated heterocycles. The Balaban J connectivity index is 2.46. The minimum Gasteiger partial charge on any atom is -0.484 e. The second kappa shape index (κ2) is 7.67. The molecule has 1 aromatic carbocycles. The molecule has 0 aliphatic carbocycles. The standard InChI is InChI=1S/C16H24N2O3/c1-11(2)14-7-6-13(8-12(14)3)21-10-15(19)17-9-16(20)18(4)5/h6-8,11H,9-10H2,1-5H3,(H,17,19). The Morgan fingerprint density at radius 2 is 1.95 bits per heavy atom. The van der Waals surface area contributed by atoms with Gasteiger partial charge in [-0.25, -0.2) is 0 Å². The molecule has 21 heavy (non-hydrogen) atoms. The first-order valence-corrected chi connectivity index (χ1v) is 7.01. The number of likely N-dealkylation sites (N-methyl/N-ethyl adjacent to an activating group) is 1. The predicted octanol–water partition coefficient (Wildman–Crippen LogP) is 1.70. The van der Waals surface area contributed by atoms with Crippen LogP contribution >= 0.6 is 0 Å². The lowest BCUT2D eigenvalue weighted by molar-refractivity contribution is -0.131. The van der Waals surface area contributed by atoms with Crippen molar-refractivity contribution in [3.63, 3.8) is 0 Å². The van der Waals surface area contributed by atoms with Crippen LogP contribution in [0, 0.1) is 6.92 Å².